The zero-order chi connectivity index (χ0) is 15.5. The van der Waals surface area contributed by atoms with E-state index in [9.17, 15) is 17.6 Å². The Morgan fingerprint density at radius 2 is 1.81 bits per heavy atom. The summed E-state index contributed by atoms with van der Waals surface area (Å²) in [7, 11) is 0. The summed E-state index contributed by atoms with van der Waals surface area (Å²) in [5.41, 5.74) is 6.07. The van der Waals surface area contributed by atoms with Crippen LogP contribution in [0.1, 0.15) is 11.1 Å². The van der Waals surface area contributed by atoms with E-state index in [1.54, 1.807) is 0 Å². The van der Waals surface area contributed by atoms with Gasteiger partial charge in [0.05, 0.1) is 16.8 Å². The molecule has 0 fully saturated rings. The molecule has 1 aromatic carbocycles. The smallest absolute Gasteiger partial charge is 0.406 e. The molecule has 1 heterocycles. The predicted molar refractivity (Wildman–Crippen MR) is 67.7 cm³/mol. The van der Waals surface area contributed by atoms with Gasteiger partial charge in [0.2, 0.25) is 0 Å². The number of halogens is 4. The number of ether oxygens (including phenoxy) is 1. The van der Waals surface area contributed by atoms with Gasteiger partial charge < -0.3 is 10.5 Å². The zero-order valence-corrected chi connectivity index (χ0v) is 10.4. The van der Waals surface area contributed by atoms with E-state index in [0.29, 0.717) is 11.3 Å². The SMILES string of the molecule is Nc1ccncc1C#Cc1cc(OC(F)(F)F)ccc1F. The third kappa shape index (κ3) is 4.11. The van der Waals surface area contributed by atoms with Crippen molar-refractivity contribution >= 4 is 5.69 Å². The molecule has 0 saturated heterocycles. The van der Waals surface area contributed by atoms with Crippen molar-refractivity contribution in [2.24, 2.45) is 0 Å². The number of hydrogen-bond acceptors (Lipinski definition) is 3. The fourth-order valence-electron chi connectivity index (χ4n) is 1.44. The molecule has 2 N–H and O–H groups in total. The van der Waals surface area contributed by atoms with Gasteiger partial charge in [-0.05, 0) is 24.3 Å². The van der Waals surface area contributed by atoms with Crippen molar-refractivity contribution in [1.82, 2.24) is 4.98 Å². The van der Waals surface area contributed by atoms with Crippen molar-refractivity contribution in [3.63, 3.8) is 0 Å². The van der Waals surface area contributed by atoms with Gasteiger partial charge in [-0.1, -0.05) is 11.8 Å². The molecule has 0 unspecified atom stereocenters. The highest BCUT2D eigenvalue weighted by atomic mass is 19.4. The number of pyridine rings is 1. The van der Waals surface area contributed by atoms with Gasteiger partial charge in [-0.15, -0.1) is 13.2 Å². The number of nitrogen functional groups attached to an aromatic ring is 1. The lowest BCUT2D eigenvalue weighted by Crippen LogP contribution is -2.17. The molecule has 0 aliphatic heterocycles. The van der Waals surface area contributed by atoms with Crippen LogP contribution >= 0.6 is 0 Å². The Kier molecular flexibility index (Phi) is 3.98. The summed E-state index contributed by atoms with van der Waals surface area (Å²) < 4.78 is 53.5. The van der Waals surface area contributed by atoms with E-state index in [4.69, 9.17) is 5.73 Å². The molecule has 3 nitrogen and oxygen atoms in total. The first-order chi connectivity index (χ1) is 9.85. The molecule has 0 saturated carbocycles. The summed E-state index contributed by atoms with van der Waals surface area (Å²) in [5, 5.41) is 0. The Labute approximate surface area is 117 Å². The molecule has 0 bridgehead atoms. The molecule has 0 aliphatic rings. The highest BCUT2D eigenvalue weighted by Crippen LogP contribution is 2.24. The zero-order valence-electron chi connectivity index (χ0n) is 10.4. The third-order valence-electron chi connectivity index (χ3n) is 2.36. The topological polar surface area (TPSA) is 48.1 Å². The van der Waals surface area contributed by atoms with Crippen LogP contribution in [0.25, 0.3) is 0 Å². The van der Waals surface area contributed by atoms with Gasteiger partial charge in [0.1, 0.15) is 11.6 Å². The van der Waals surface area contributed by atoms with Gasteiger partial charge >= 0.3 is 6.36 Å². The minimum atomic E-state index is -4.85. The predicted octanol–water partition coefficient (Wildman–Crippen LogP) is 3.10. The van der Waals surface area contributed by atoms with E-state index in [1.165, 1.54) is 18.5 Å². The molecular weight excluding hydrogens is 288 g/mol. The van der Waals surface area contributed by atoms with Crippen molar-refractivity contribution < 1.29 is 22.3 Å². The Morgan fingerprint density at radius 1 is 1.10 bits per heavy atom. The molecule has 2 rings (SSSR count). The number of alkyl halides is 3. The van der Waals surface area contributed by atoms with E-state index in [1.807, 2.05) is 0 Å². The number of benzene rings is 1. The lowest BCUT2D eigenvalue weighted by atomic mass is 10.1. The maximum Gasteiger partial charge on any atom is 0.573 e. The average Bonchev–Trinajstić information content (AvgIpc) is 2.39. The summed E-state index contributed by atoms with van der Waals surface area (Å²) >= 11 is 0. The first-order valence-electron chi connectivity index (χ1n) is 5.62. The number of anilines is 1. The second kappa shape index (κ2) is 5.71. The van der Waals surface area contributed by atoms with Crippen LogP contribution in [0.4, 0.5) is 23.2 Å². The first-order valence-corrected chi connectivity index (χ1v) is 5.62. The normalized spacial score (nSPS) is 10.7. The van der Waals surface area contributed by atoms with Gasteiger partial charge in [-0.2, -0.15) is 0 Å². The van der Waals surface area contributed by atoms with Crippen LogP contribution in [0, 0.1) is 17.7 Å². The quantitative estimate of drug-likeness (QED) is 0.650. The van der Waals surface area contributed by atoms with Gasteiger partial charge in [0.15, 0.2) is 0 Å². The van der Waals surface area contributed by atoms with Crippen LogP contribution in [0.15, 0.2) is 36.7 Å². The van der Waals surface area contributed by atoms with Crippen LogP contribution < -0.4 is 10.5 Å². The molecule has 2 aromatic rings. The molecule has 1 aromatic heterocycles. The van der Waals surface area contributed by atoms with Crippen molar-refractivity contribution in [2.45, 2.75) is 6.36 Å². The van der Waals surface area contributed by atoms with E-state index in [0.717, 1.165) is 18.2 Å². The highest BCUT2D eigenvalue weighted by molar-refractivity contribution is 5.56. The standard InChI is InChI=1S/C14H8F4N2O/c15-12-4-3-11(21-14(16,17)18)7-9(12)1-2-10-8-20-6-5-13(10)19/h3-8H,(H2,19,20). The molecule has 0 aliphatic carbocycles. The van der Waals surface area contributed by atoms with Gasteiger partial charge in [0.25, 0.3) is 0 Å². The van der Waals surface area contributed by atoms with Crippen LogP contribution in [-0.2, 0) is 0 Å². The minimum absolute atomic E-state index is 0.236. The minimum Gasteiger partial charge on any atom is -0.406 e. The number of nitrogens with zero attached hydrogens (tertiary/aromatic N) is 1. The van der Waals surface area contributed by atoms with E-state index in [-0.39, 0.29) is 5.56 Å². The molecule has 0 atom stereocenters. The van der Waals surface area contributed by atoms with Crippen LogP contribution in [0.2, 0.25) is 0 Å². The average molecular weight is 296 g/mol. The fraction of sp³-hybridized carbons (Fsp3) is 0.0714. The summed E-state index contributed by atoms with van der Waals surface area (Å²) in [5.74, 6) is 3.64. The fourth-order valence-corrected chi connectivity index (χ4v) is 1.44. The van der Waals surface area contributed by atoms with E-state index >= 15 is 0 Å². The summed E-state index contributed by atoms with van der Waals surface area (Å²) in [4.78, 5) is 3.80. The second-order valence-electron chi connectivity index (χ2n) is 3.90. The molecule has 21 heavy (non-hydrogen) atoms. The monoisotopic (exact) mass is 296 g/mol. The summed E-state index contributed by atoms with van der Waals surface area (Å²) in [6.45, 7) is 0. The molecule has 108 valence electrons. The molecular formula is C14H8F4N2O. The van der Waals surface area contributed by atoms with Gasteiger partial charge in [0, 0.05) is 12.4 Å². The Balaban J connectivity index is 2.33. The molecule has 0 spiro atoms. The lowest BCUT2D eigenvalue weighted by Gasteiger charge is -2.08. The van der Waals surface area contributed by atoms with E-state index in [2.05, 4.69) is 21.6 Å². The Morgan fingerprint density at radius 3 is 2.48 bits per heavy atom. The number of aromatic nitrogens is 1. The second-order valence-corrected chi connectivity index (χ2v) is 3.90. The van der Waals surface area contributed by atoms with Crippen LogP contribution in [0.5, 0.6) is 5.75 Å². The third-order valence-corrected chi connectivity index (χ3v) is 2.36. The van der Waals surface area contributed by atoms with Crippen LogP contribution in [0.3, 0.4) is 0 Å². The number of rotatable bonds is 1. The summed E-state index contributed by atoms with van der Waals surface area (Å²) in [6, 6.07) is 4.08. The molecule has 7 heteroatoms. The van der Waals surface area contributed by atoms with Crippen molar-refractivity contribution in [2.75, 3.05) is 5.73 Å². The van der Waals surface area contributed by atoms with Crippen molar-refractivity contribution in [1.29, 1.82) is 0 Å². The maximum absolute atomic E-state index is 13.5. The number of nitrogens with two attached hydrogens (primary N) is 1. The largest absolute Gasteiger partial charge is 0.573 e. The van der Waals surface area contributed by atoms with Gasteiger partial charge in [-0.3, -0.25) is 4.98 Å². The molecule has 0 radical (unpaired) electrons. The Bertz CT molecular complexity index is 717. The first kappa shape index (κ1) is 14.7. The van der Waals surface area contributed by atoms with Crippen molar-refractivity contribution in [3.05, 3.63) is 53.6 Å². The summed E-state index contributed by atoms with van der Waals surface area (Å²) in [6.07, 6.45) is -2.02. The van der Waals surface area contributed by atoms with Crippen molar-refractivity contribution in [3.8, 4) is 17.6 Å². The van der Waals surface area contributed by atoms with Gasteiger partial charge in [-0.25, -0.2) is 4.39 Å². The Hall–Kier alpha value is -2.75. The highest BCUT2D eigenvalue weighted by Gasteiger charge is 2.31. The number of hydrogen-bond donors (Lipinski definition) is 1. The lowest BCUT2D eigenvalue weighted by molar-refractivity contribution is -0.274. The van der Waals surface area contributed by atoms with E-state index < -0.39 is 17.9 Å². The van der Waals surface area contributed by atoms with Crippen LogP contribution in [-0.4, -0.2) is 11.3 Å². The maximum atomic E-state index is 13.5. The molecule has 0 amide bonds.